The molecule has 0 aliphatic heterocycles. The summed E-state index contributed by atoms with van der Waals surface area (Å²) in [6.45, 7) is 3.19. The number of hydrogen-bond acceptors (Lipinski definition) is 0. The number of aryl methyl sites for hydroxylation is 2. The van der Waals surface area contributed by atoms with Crippen molar-refractivity contribution in [2.24, 2.45) is 7.05 Å². The summed E-state index contributed by atoms with van der Waals surface area (Å²) in [5.41, 5.74) is 2.58. The highest BCUT2D eigenvalue weighted by molar-refractivity contribution is 5.75. The highest BCUT2D eigenvalue weighted by Crippen LogP contribution is 2.07. The summed E-state index contributed by atoms with van der Waals surface area (Å²) in [5.74, 6) is 0. The Bertz CT molecular complexity index is 918. The Kier molecular flexibility index (Phi) is 4.62. The third-order valence-corrected chi connectivity index (χ3v) is 4.03. The van der Waals surface area contributed by atoms with E-state index in [-0.39, 0.29) is 0 Å². The molecule has 0 spiro atoms. The number of nitrogens with zero attached hydrogens (tertiary/aromatic N) is 2. The first-order valence-corrected chi connectivity index (χ1v) is 8.00. The van der Waals surface area contributed by atoms with Crippen LogP contribution in [-0.2, 0) is 13.6 Å². The van der Waals surface area contributed by atoms with Crippen molar-refractivity contribution in [1.82, 2.24) is 0 Å². The molecule has 114 valence electrons. The monoisotopic (exact) mass is 302 g/mol. The van der Waals surface area contributed by atoms with E-state index in [2.05, 4.69) is 108 Å². The average molecular weight is 302 g/mol. The molecule has 0 bridgehead atoms. The lowest BCUT2D eigenvalue weighted by molar-refractivity contribution is -0.667. The maximum Gasteiger partial charge on any atom is 0.212 e. The first-order chi connectivity index (χ1) is 11.3. The van der Waals surface area contributed by atoms with Crippen LogP contribution in [0.5, 0.6) is 0 Å². The predicted octanol–water partition coefficient (Wildman–Crippen LogP) is 3.81. The molecule has 0 atom stereocenters. The van der Waals surface area contributed by atoms with Crippen LogP contribution in [0.2, 0.25) is 0 Å². The van der Waals surface area contributed by atoms with Crippen LogP contribution >= 0.6 is 0 Å². The van der Waals surface area contributed by atoms with Gasteiger partial charge in [0, 0.05) is 35.0 Å². The molecule has 23 heavy (non-hydrogen) atoms. The van der Waals surface area contributed by atoms with E-state index in [9.17, 15) is 0 Å². The Hall–Kier alpha value is -2.74. The third-order valence-electron chi connectivity index (χ3n) is 4.03. The van der Waals surface area contributed by atoms with Crippen LogP contribution in [0.25, 0.3) is 21.8 Å². The van der Waals surface area contributed by atoms with Crippen molar-refractivity contribution < 1.29 is 9.13 Å². The Balaban J connectivity index is 0.000000136. The van der Waals surface area contributed by atoms with Gasteiger partial charge >= 0.3 is 0 Å². The van der Waals surface area contributed by atoms with Crippen LogP contribution in [0.4, 0.5) is 0 Å². The van der Waals surface area contributed by atoms with Crippen LogP contribution in [-0.4, -0.2) is 0 Å². The fourth-order valence-electron chi connectivity index (χ4n) is 2.80. The molecule has 0 saturated carbocycles. The van der Waals surface area contributed by atoms with E-state index in [1.165, 1.54) is 21.8 Å². The maximum absolute atomic E-state index is 2.25. The van der Waals surface area contributed by atoms with Crippen molar-refractivity contribution in [1.29, 1.82) is 0 Å². The van der Waals surface area contributed by atoms with Gasteiger partial charge in [0.1, 0.15) is 13.6 Å². The highest BCUT2D eigenvalue weighted by Gasteiger charge is 2.02. The van der Waals surface area contributed by atoms with Crippen molar-refractivity contribution in [3.63, 3.8) is 0 Å². The van der Waals surface area contributed by atoms with Crippen LogP contribution in [0.15, 0.2) is 85.2 Å². The number of benzene rings is 2. The quantitative estimate of drug-likeness (QED) is 0.472. The van der Waals surface area contributed by atoms with Crippen molar-refractivity contribution in [2.75, 3.05) is 0 Å². The third kappa shape index (κ3) is 3.37. The number of pyridine rings is 2. The molecule has 0 unspecified atom stereocenters. The Morgan fingerprint density at radius 2 is 1.17 bits per heavy atom. The van der Waals surface area contributed by atoms with Crippen LogP contribution in [0.3, 0.4) is 0 Å². The van der Waals surface area contributed by atoms with Crippen molar-refractivity contribution in [2.45, 2.75) is 13.5 Å². The second-order valence-corrected chi connectivity index (χ2v) is 5.53. The molecule has 0 fully saturated rings. The van der Waals surface area contributed by atoms with Crippen molar-refractivity contribution >= 4 is 21.8 Å². The van der Waals surface area contributed by atoms with Crippen molar-refractivity contribution in [3.8, 4) is 0 Å². The number of rotatable bonds is 1. The Morgan fingerprint density at radius 3 is 1.83 bits per heavy atom. The molecule has 2 heteroatoms. The molecular formula is C21H22N2+2. The lowest BCUT2D eigenvalue weighted by atomic mass is 10.2. The number of aromatic nitrogens is 2. The van der Waals surface area contributed by atoms with Crippen molar-refractivity contribution in [3.05, 3.63) is 85.2 Å². The van der Waals surface area contributed by atoms with E-state index in [0.29, 0.717) is 0 Å². The van der Waals surface area contributed by atoms with E-state index in [1.807, 2.05) is 0 Å². The van der Waals surface area contributed by atoms with Gasteiger partial charge < -0.3 is 0 Å². The molecule has 4 aromatic rings. The standard InChI is InChI=1S/C11H12N.C10H10N/c1-2-12-9-5-7-10-6-3-4-8-11(10)12;1-11-8-4-6-9-5-2-3-7-10(9)11/h3-9H,2H2,1H3;2-8H,1H3/q2*+1. The van der Waals surface area contributed by atoms with E-state index in [0.717, 1.165) is 6.54 Å². The molecule has 2 aromatic carbocycles. The second kappa shape index (κ2) is 7.01. The van der Waals surface area contributed by atoms with Gasteiger partial charge in [0.05, 0.1) is 0 Å². The van der Waals surface area contributed by atoms with E-state index in [4.69, 9.17) is 0 Å². The van der Waals surface area contributed by atoms with Gasteiger partial charge in [0.2, 0.25) is 11.0 Å². The zero-order valence-electron chi connectivity index (χ0n) is 13.7. The van der Waals surface area contributed by atoms with Gasteiger partial charge in [-0.15, -0.1) is 0 Å². The summed E-state index contributed by atoms with van der Waals surface area (Å²) < 4.78 is 4.37. The molecule has 2 heterocycles. The largest absolute Gasteiger partial charge is 0.212 e. The average Bonchev–Trinajstić information content (AvgIpc) is 2.62. The molecule has 0 aliphatic carbocycles. The van der Waals surface area contributed by atoms with Gasteiger partial charge in [-0.2, -0.15) is 4.57 Å². The Labute approximate surface area is 137 Å². The summed E-state index contributed by atoms with van der Waals surface area (Å²) >= 11 is 0. The van der Waals surface area contributed by atoms with Gasteiger partial charge in [0.25, 0.3) is 0 Å². The van der Waals surface area contributed by atoms with Gasteiger partial charge in [0.15, 0.2) is 12.4 Å². The molecule has 0 radical (unpaired) electrons. The molecule has 0 N–H and O–H groups in total. The van der Waals surface area contributed by atoms with Gasteiger partial charge in [-0.25, -0.2) is 4.57 Å². The molecule has 2 nitrogen and oxygen atoms in total. The topological polar surface area (TPSA) is 7.76 Å². The summed E-state index contributed by atoms with van der Waals surface area (Å²) in [6.07, 6.45) is 4.17. The Morgan fingerprint density at radius 1 is 0.652 bits per heavy atom. The maximum atomic E-state index is 2.25. The SMILES string of the molecule is CC[n+]1cccc2ccccc21.C[n+]1cccc2ccccc21. The number of hydrogen-bond donors (Lipinski definition) is 0. The molecule has 4 rings (SSSR count). The molecular weight excluding hydrogens is 280 g/mol. The minimum Gasteiger partial charge on any atom is -0.201 e. The molecule has 0 saturated heterocycles. The van der Waals surface area contributed by atoms with Crippen LogP contribution in [0.1, 0.15) is 6.92 Å². The van der Waals surface area contributed by atoms with Gasteiger partial charge in [-0.3, -0.25) is 0 Å². The highest BCUT2D eigenvalue weighted by atomic mass is 14.9. The normalized spacial score (nSPS) is 10.3. The summed E-state index contributed by atoms with van der Waals surface area (Å²) in [7, 11) is 2.06. The summed E-state index contributed by atoms with van der Waals surface area (Å²) in [6, 6.07) is 25.2. The lowest BCUT2D eigenvalue weighted by Gasteiger charge is -1.96. The predicted molar refractivity (Wildman–Crippen MR) is 94.9 cm³/mol. The van der Waals surface area contributed by atoms with Gasteiger partial charge in [-0.1, -0.05) is 24.3 Å². The molecule has 0 amide bonds. The van der Waals surface area contributed by atoms with Crippen LogP contribution < -0.4 is 9.13 Å². The van der Waals surface area contributed by atoms with E-state index < -0.39 is 0 Å². The smallest absolute Gasteiger partial charge is 0.201 e. The second-order valence-electron chi connectivity index (χ2n) is 5.53. The zero-order valence-corrected chi connectivity index (χ0v) is 13.7. The summed E-state index contributed by atoms with van der Waals surface area (Å²) in [5, 5.41) is 2.60. The minimum absolute atomic E-state index is 1.03. The number of para-hydroxylation sites is 2. The molecule has 0 aliphatic rings. The molecule has 2 aromatic heterocycles. The lowest BCUT2D eigenvalue weighted by Crippen LogP contribution is -2.32. The van der Waals surface area contributed by atoms with E-state index >= 15 is 0 Å². The minimum atomic E-state index is 1.03. The van der Waals surface area contributed by atoms with Crippen LogP contribution in [0, 0.1) is 0 Å². The van der Waals surface area contributed by atoms with Gasteiger partial charge in [-0.05, 0) is 31.2 Å². The summed E-state index contributed by atoms with van der Waals surface area (Å²) in [4.78, 5) is 0. The zero-order chi connectivity index (χ0) is 16.1. The fraction of sp³-hybridized carbons (Fsp3) is 0.143. The fourth-order valence-corrected chi connectivity index (χ4v) is 2.80. The first kappa shape index (κ1) is 15.2. The number of fused-ring (bicyclic) bond motifs is 2. The first-order valence-electron chi connectivity index (χ1n) is 8.00. The van der Waals surface area contributed by atoms with E-state index in [1.54, 1.807) is 0 Å².